The number of nitrogens with one attached hydrogen (secondary N) is 1. The van der Waals surface area contributed by atoms with Crippen LogP contribution in [0.3, 0.4) is 0 Å². The van der Waals surface area contributed by atoms with Gasteiger partial charge in [0.15, 0.2) is 5.78 Å². The van der Waals surface area contributed by atoms with Crippen molar-refractivity contribution < 1.29 is 4.79 Å². The smallest absolute Gasteiger partial charge is 0.173 e. The first-order valence-electron chi connectivity index (χ1n) is 8.76. The molecule has 1 unspecified atom stereocenters. The first kappa shape index (κ1) is 18.4. The number of Topliss-reactive ketones (excluding diaryl/α,β-unsaturated/α-hetero) is 1. The van der Waals surface area contributed by atoms with Crippen LogP contribution in [0.4, 0.5) is 0 Å². The number of ketones is 1. The van der Waals surface area contributed by atoms with Crippen LogP contribution < -0.4 is 5.32 Å². The van der Waals surface area contributed by atoms with Gasteiger partial charge >= 0.3 is 0 Å². The van der Waals surface area contributed by atoms with Crippen molar-refractivity contribution in [3.05, 3.63) is 63.9 Å². The van der Waals surface area contributed by atoms with E-state index in [9.17, 15) is 4.79 Å². The van der Waals surface area contributed by atoms with E-state index in [4.69, 9.17) is 23.2 Å². The van der Waals surface area contributed by atoms with Crippen LogP contribution >= 0.6 is 23.2 Å². The van der Waals surface area contributed by atoms with Crippen LogP contribution in [0.15, 0.2) is 42.6 Å². The molecule has 1 N–H and O–H groups in total. The molecule has 132 valence electrons. The van der Waals surface area contributed by atoms with Gasteiger partial charge in [0.1, 0.15) is 0 Å². The van der Waals surface area contributed by atoms with Gasteiger partial charge in [-0.15, -0.1) is 0 Å². The molecule has 3 nitrogen and oxygen atoms in total. The highest BCUT2D eigenvalue weighted by Gasteiger charge is 2.28. The number of benzene rings is 1. The van der Waals surface area contributed by atoms with Gasteiger partial charge in [-0.2, -0.15) is 0 Å². The summed E-state index contributed by atoms with van der Waals surface area (Å²) in [5.41, 5.74) is 1.19. The molecule has 2 heterocycles. The van der Waals surface area contributed by atoms with E-state index in [-0.39, 0.29) is 11.7 Å². The molecule has 1 aromatic heterocycles. The van der Waals surface area contributed by atoms with Gasteiger partial charge in [0, 0.05) is 11.8 Å². The van der Waals surface area contributed by atoms with E-state index in [1.54, 1.807) is 30.5 Å². The van der Waals surface area contributed by atoms with E-state index in [1.807, 2.05) is 12.1 Å². The molecule has 1 aliphatic rings. The maximum absolute atomic E-state index is 13.2. The fraction of sp³-hybridized carbons (Fsp3) is 0.400. The number of hydrogen-bond acceptors (Lipinski definition) is 3. The molecule has 2 atom stereocenters. The van der Waals surface area contributed by atoms with Crippen LogP contribution in [0.25, 0.3) is 0 Å². The number of rotatable bonds is 6. The maximum atomic E-state index is 13.2. The molecule has 0 bridgehead atoms. The summed E-state index contributed by atoms with van der Waals surface area (Å²) in [6.07, 6.45) is 5.79. The highest BCUT2D eigenvalue weighted by Crippen LogP contribution is 2.33. The van der Waals surface area contributed by atoms with E-state index in [1.165, 1.54) is 12.8 Å². The van der Waals surface area contributed by atoms with Crippen molar-refractivity contribution in [2.24, 2.45) is 5.92 Å². The Morgan fingerprint density at radius 2 is 2.00 bits per heavy atom. The number of halogens is 2. The van der Waals surface area contributed by atoms with Crippen LogP contribution in [0, 0.1) is 5.92 Å². The summed E-state index contributed by atoms with van der Waals surface area (Å²) < 4.78 is 0. The van der Waals surface area contributed by atoms with E-state index < -0.39 is 0 Å². The zero-order valence-corrected chi connectivity index (χ0v) is 15.6. The molecule has 0 saturated carbocycles. The van der Waals surface area contributed by atoms with E-state index in [0.29, 0.717) is 27.2 Å². The van der Waals surface area contributed by atoms with Crippen molar-refractivity contribution in [3.63, 3.8) is 0 Å². The zero-order valence-electron chi connectivity index (χ0n) is 14.1. The lowest BCUT2D eigenvalue weighted by atomic mass is 9.85. The van der Waals surface area contributed by atoms with Crippen molar-refractivity contribution >= 4 is 29.0 Å². The van der Waals surface area contributed by atoms with E-state index in [2.05, 4.69) is 10.3 Å². The van der Waals surface area contributed by atoms with Gasteiger partial charge in [-0.1, -0.05) is 35.3 Å². The van der Waals surface area contributed by atoms with Crippen molar-refractivity contribution in [2.45, 2.75) is 31.6 Å². The second-order valence-electron chi connectivity index (χ2n) is 6.56. The molecular formula is C20H22Cl2N2O. The average Bonchev–Trinajstić information content (AvgIpc) is 2.64. The number of carbonyl (C=O) groups is 1. The second-order valence-corrected chi connectivity index (χ2v) is 7.37. The molecule has 1 fully saturated rings. The SMILES string of the molecule is O=C(c1ccccc1Cl)C(CC[C@@H]1CCCNC1)c1ncccc1Cl. The fourth-order valence-electron chi connectivity index (χ4n) is 3.47. The molecule has 1 aromatic carbocycles. The quantitative estimate of drug-likeness (QED) is 0.710. The van der Waals surface area contributed by atoms with Crippen LogP contribution in [-0.2, 0) is 0 Å². The standard InChI is InChI=1S/C20H22Cl2N2O/c21-17-7-2-1-6-15(17)20(25)16(19-18(22)8-4-12-24-19)10-9-14-5-3-11-23-13-14/h1-2,4,6-8,12,14,16,23H,3,5,9-11,13H2/t14-,16?/m0/s1. The molecule has 0 radical (unpaired) electrons. The minimum Gasteiger partial charge on any atom is -0.316 e. The third-order valence-corrected chi connectivity index (χ3v) is 5.48. The number of hydrogen-bond donors (Lipinski definition) is 1. The summed E-state index contributed by atoms with van der Waals surface area (Å²) in [4.78, 5) is 17.6. The van der Waals surface area contributed by atoms with Crippen molar-refractivity contribution in [1.82, 2.24) is 10.3 Å². The number of carbonyl (C=O) groups excluding carboxylic acids is 1. The van der Waals surface area contributed by atoms with Gasteiger partial charge in [0.2, 0.25) is 0 Å². The van der Waals surface area contributed by atoms with Crippen LogP contribution in [0.1, 0.15) is 47.7 Å². The van der Waals surface area contributed by atoms with Crippen LogP contribution in [-0.4, -0.2) is 23.9 Å². The Morgan fingerprint density at radius 1 is 1.20 bits per heavy atom. The Bertz CT molecular complexity index is 729. The minimum absolute atomic E-state index is 0.00466. The predicted octanol–water partition coefficient (Wildman–Crippen LogP) is 5.13. The summed E-state index contributed by atoms with van der Waals surface area (Å²) in [7, 11) is 0. The Kier molecular flexibility index (Phi) is 6.46. The molecule has 1 aliphatic heterocycles. The number of nitrogens with zero attached hydrogens (tertiary/aromatic N) is 1. The lowest BCUT2D eigenvalue weighted by Crippen LogP contribution is -2.30. The Morgan fingerprint density at radius 3 is 2.72 bits per heavy atom. The Labute approximate surface area is 158 Å². The van der Waals surface area contributed by atoms with Crippen molar-refractivity contribution in [1.29, 1.82) is 0 Å². The molecule has 5 heteroatoms. The molecule has 0 spiro atoms. The van der Waals surface area contributed by atoms with Crippen LogP contribution in [0.5, 0.6) is 0 Å². The monoisotopic (exact) mass is 376 g/mol. The summed E-state index contributed by atoms with van der Waals surface area (Å²) in [6.45, 7) is 2.10. The minimum atomic E-state index is -0.365. The maximum Gasteiger partial charge on any atom is 0.173 e. The molecule has 25 heavy (non-hydrogen) atoms. The third kappa shape index (κ3) is 4.60. The highest BCUT2D eigenvalue weighted by atomic mass is 35.5. The molecule has 1 saturated heterocycles. The number of pyridine rings is 1. The molecule has 0 amide bonds. The summed E-state index contributed by atoms with van der Waals surface area (Å²) in [5.74, 6) is 0.225. The highest BCUT2D eigenvalue weighted by molar-refractivity contribution is 6.34. The Hall–Kier alpha value is -1.42. The predicted molar refractivity (Wildman–Crippen MR) is 103 cm³/mol. The van der Waals surface area contributed by atoms with Gasteiger partial charge < -0.3 is 5.32 Å². The number of piperidine rings is 1. The van der Waals surface area contributed by atoms with Gasteiger partial charge in [-0.3, -0.25) is 9.78 Å². The Balaban J connectivity index is 1.85. The van der Waals surface area contributed by atoms with Gasteiger partial charge in [-0.05, 0) is 69.0 Å². The molecule has 0 aliphatic carbocycles. The third-order valence-electron chi connectivity index (χ3n) is 4.84. The second kappa shape index (κ2) is 8.79. The first-order valence-corrected chi connectivity index (χ1v) is 9.52. The lowest BCUT2D eigenvalue weighted by Gasteiger charge is -2.25. The van der Waals surface area contributed by atoms with Crippen LogP contribution in [0.2, 0.25) is 10.0 Å². The fourth-order valence-corrected chi connectivity index (χ4v) is 3.95. The van der Waals surface area contributed by atoms with E-state index >= 15 is 0 Å². The molecular weight excluding hydrogens is 355 g/mol. The summed E-state index contributed by atoms with van der Waals surface area (Å²) >= 11 is 12.6. The van der Waals surface area contributed by atoms with Crippen molar-refractivity contribution in [2.75, 3.05) is 13.1 Å². The zero-order chi connectivity index (χ0) is 17.6. The van der Waals surface area contributed by atoms with Gasteiger partial charge in [-0.25, -0.2) is 0 Å². The van der Waals surface area contributed by atoms with E-state index in [0.717, 1.165) is 25.9 Å². The number of aromatic nitrogens is 1. The normalized spacial score (nSPS) is 18.7. The molecule has 2 aromatic rings. The van der Waals surface area contributed by atoms with Gasteiger partial charge in [0.05, 0.1) is 21.7 Å². The average molecular weight is 377 g/mol. The first-order chi connectivity index (χ1) is 12.2. The summed E-state index contributed by atoms with van der Waals surface area (Å²) in [5, 5.41) is 4.44. The summed E-state index contributed by atoms with van der Waals surface area (Å²) in [6, 6.07) is 10.8. The topological polar surface area (TPSA) is 42.0 Å². The largest absolute Gasteiger partial charge is 0.316 e. The van der Waals surface area contributed by atoms with Gasteiger partial charge in [0.25, 0.3) is 0 Å². The van der Waals surface area contributed by atoms with Crippen molar-refractivity contribution in [3.8, 4) is 0 Å². The lowest BCUT2D eigenvalue weighted by molar-refractivity contribution is 0.0949. The molecule has 3 rings (SSSR count).